The lowest BCUT2D eigenvalue weighted by Gasteiger charge is -2.28. The fraction of sp³-hybridized carbons (Fsp3) is 0.500. The summed E-state index contributed by atoms with van der Waals surface area (Å²) < 4.78 is 18.4. The van der Waals surface area contributed by atoms with E-state index in [9.17, 15) is 9.50 Å². The number of nitrogens with zero attached hydrogens (tertiary/aromatic N) is 1. The second kappa shape index (κ2) is 7.53. The minimum Gasteiger partial charge on any atom is -0.389 e. The molecule has 1 unspecified atom stereocenters. The number of aliphatic hydroxyl groups is 1. The maximum atomic E-state index is 13.2. The van der Waals surface area contributed by atoms with Gasteiger partial charge in [-0.3, -0.25) is 4.90 Å². The molecule has 0 radical (unpaired) electrons. The van der Waals surface area contributed by atoms with Gasteiger partial charge in [-0.15, -0.1) is 0 Å². The van der Waals surface area contributed by atoms with Crippen molar-refractivity contribution >= 4 is 5.57 Å². The van der Waals surface area contributed by atoms with Crippen molar-refractivity contribution in [2.75, 3.05) is 32.8 Å². The van der Waals surface area contributed by atoms with Gasteiger partial charge in [0.25, 0.3) is 0 Å². The summed E-state index contributed by atoms with van der Waals surface area (Å²) in [7, 11) is 0. The molecule has 0 aromatic heterocycles. The van der Waals surface area contributed by atoms with Crippen LogP contribution in [0.4, 0.5) is 4.39 Å². The molecule has 1 aliphatic rings. The average molecular weight is 279 g/mol. The molecule has 20 heavy (non-hydrogen) atoms. The summed E-state index contributed by atoms with van der Waals surface area (Å²) >= 11 is 0. The molecule has 1 aliphatic heterocycles. The van der Waals surface area contributed by atoms with E-state index in [-0.39, 0.29) is 5.82 Å². The van der Waals surface area contributed by atoms with E-state index in [0.717, 1.165) is 25.1 Å². The Morgan fingerprint density at radius 2 is 2.30 bits per heavy atom. The number of β-amino-alcohol motifs (C(OH)–C–C–N with tert-alkyl or cyclic N) is 1. The van der Waals surface area contributed by atoms with Gasteiger partial charge in [0.05, 0.1) is 12.7 Å². The van der Waals surface area contributed by atoms with Crippen LogP contribution in [0.15, 0.2) is 30.3 Å². The van der Waals surface area contributed by atoms with Crippen LogP contribution in [-0.2, 0) is 4.74 Å². The van der Waals surface area contributed by atoms with E-state index in [0.29, 0.717) is 19.8 Å². The minimum absolute atomic E-state index is 0.196. The third-order valence-corrected chi connectivity index (χ3v) is 3.47. The summed E-state index contributed by atoms with van der Waals surface area (Å²) in [4.78, 5) is 2.19. The first-order valence-electron chi connectivity index (χ1n) is 7.12. The van der Waals surface area contributed by atoms with Crippen LogP contribution in [0.2, 0.25) is 0 Å². The first kappa shape index (κ1) is 15.2. The zero-order chi connectivity index (χ0) is 14.4. The van der Waals surface area contributed by atoms with Crippen molar-refractivity contribution in [1.82, 2.24) is 4.90 Å². The standard InChI is InChI=1S/C16H22FNO2/c1-2-20-12-16(19)11-18-8-6-13(7-9-18)14-4-3-5-15(17)10-14/h3-6,10,16,19H,2,7-9,11-12H2,1H3. The summed E-state index contributed by atoms with van der Waals surface area (Å²) in [5.41, 5.74) is 2.14. The van der Waals surface area contributed by atoms with Gasteiger partial charge in [-0.1, -0.05) is 18.2 Å². The summed E-state index contributed by atoms with van der Waals surface area (Å²) in [5, 5.41) is 9.81. The SMILES string of the molecule is CCOCC(O)CN1CC=C(c2cccc(F)c2)CC1. The summed E-state index contributed by atoms with van der Waals surface area (Å²) in [6.45, 7) is 5.21. The van der Waals surface area contributed by atoms with Gasteiger partial charge in [-0.2, -0.15) is 0 Å². The second-order valence-corrected chi connectivity index (χ2v) is 5.06. The van der Waals surface area contributed by atoms with Crippen molar-refractivity contribution in [2.45, 2.75) is 19.4 Å². The van der Waals surface area contributed by atoms with Gasteiger partial charge < -0.3 is 9.84 Å². The first-order valence-corrected chi connectivity index (χ1v) is 7.12. The van der Waals surface area contributed by atoms with Gasteiger partial charge in [-0.05, 0) is 36.6 Å². The highest BCUT2D eigenvalue weighted by Crippen LogP contribution is 2.22. The first-order chi connectivity index (χ1) is 9.69. The number of ether oxygens (including phenoxy) is 1. The molecule has 0 spiro atoms. The van der Waals surface area contributed by atoms with Crippen molar-refractivity contribution in [1.29, 1.82) is 0 Å². The Kier molecular flexibility index (Phi) is 5.71. The highest BCUT2D eigenvalue weighted by atomic mass is 19.1. The molecular formula is C16H22FNO2. The van der Waals surface area contributed by atoms with E-state index in [2.05, 4.69) is 11.0 Å². The lowest BCUT2D eigenvalue weighted by Crippen LogP contribution is -2.37. The molecule has 0 fully saturated rings. The minimum atomic E-state index is -0.445. The van der Waals surface area contributed by atoms with E-state index in [1.165, 1.54) is 11.6 Å². The van der Waals surface area contributed by atoms with E-state index in [1.54, 1.807) is 12.1 Å². The number of halogens is 1. The maximum Gasteiger partial charge on any atom is 0.123 e. The molecular weight excluding hydrogens is 257 g/mol. The van der Waals surface area contributed by atoms with Crippen molar-refractivity contribution in [3.63, 3.8) is 0 Å². The normalized spacial score (nSPS) is 17.9. The van der Waals surface area contributed by atoms with Crippen LogP contribution in [0.3, 0.4) is 0 Å². The zero-order valence-electron chi connectivity index (χ0n) is 11.9. The van der Waals surface area contributed by atoms with Crippen molar-refractivity contribution < 1.29 is 14.2 Å². The Bertz CT molecular complexity index is 462. The van der Waals surface area contributed by atoms with Gasteiger partial charge in [0.2, 0.25) is 0 Å². The van der Waals surface area contributed by atoms with Gasteiger partial charge >= 0.3 is 0 Å². The molecule has 1 heterocycles. The lowest BCUT2D eigenvalue weighted by atomic mass is 9.99. The Hall–Kier alpha value is -1.23. The highest BCUT2D eigenvalue weighted by molar-refractivity contribution is 5.66. The smallest absolute Gasteiger partial charge is 0.123 e. The fourth-order valence-electron chi connectivity index (χ4n) is 2.43. The molecule has 3 nitrogen and oxygen atoms in total. The van der Waals surface area contributed by atoms with Crippen LogP contribution in [-0.4, -0.2) is 49.0 Å². The van der Waals surface area contributed by atoms with E-state index < -0.39 is 6.10 Å². The molecule has 1 aromatic carbocycles. The lowest BCUT2D eigenvalue weighted by molar-refractivity contribution is 0.0230. The monoisotopic (exact) mass is 279 g/mol. The predicted octanol–water partition coefficient (Wildman–Crippen LogP) is 2.31. The number of aliphatic hydroxyl groups excluding tert-OH is 1. The number of hydrogen-bond donors (Lipinski definition) is 1. The molecule has 1 atom stereocenters. The quantitative estimate of drug-likeness (QED) is 0.867. The largest absolute Gasteiger partial charge is 0.389 e. The zero-order valence-corrected chi connectivity index (χ0v) is 11.9. The van der Waals surface area contributed by atoms with Crippen LogP contribution in [0, 0.1) is 5.82 Å². The van der Waals surface area contributed by atoms with Gasteiger partial charge in [0.1, 0.15) is 5.82 Å². The van der Waals surface area contributed by atoms with Gasteiger partial charge in [0, 0.05) is 26.2 Å². The molecule has 0 amide bonds. The Labute approximate surface area is 119 Å². The predicted molar refractivity (Wildman–Crippen MR) is 77.9 cm³/mol. The van der Waals surface area contributed by atoms with Crippen LogP contribution < -0.4 is 0 Å². The third kappa shape index (κ3) is 4.40. The molecule has 1 aromatic rings. The molecule has 2 rings (SSSR count). The summed E-state index contributed by atoms with van der Waals surface area (Å²) in [5.74, 6) is -0.196. The average Bonchev–Trinajstić information content (AvgIpc) is 2.46. The molecule has 4 heteroatoms. The molecule has 110 valence electrons. The van der Waals surface area contributed by atoms with Crippen LogP contribution in [0.1, 0.15) is 18.9 Å². The van der Waals surface area contributed by atoms with E-state index in [4.69, 9.17) is 4.74 Å². The Morgan fingerprint density at radius 1 is 1.45 bits per heavy atom. The molecule has 1 N–H and O–H groups in total. The van der Waals surface area contributed by atoms with Crippen molar-refractivity contribution in [3.8, 4) is 0 Å². The number of hydrogen-bond acceptors (Lipinski definition) is 3. The van der Waals surface area contributed by atoms with E-state index >= 15 is 0 Å². The fourth-order valence-corrected chi connectivity index (χ4v) is 2.43. The molecule has 0 saturated carbocycles. The summed E-state index contributed by atoms with van der Waals surface area (Å²) in [6, 6.07) is 6.72. The van der Waals surface area contributed by atoms with Crippen LogP contribution in [0.5, 0.6) is 0 Å². The number of rotatable bonds is 6. The topological polar surface area (TPSA) is 32.7 Å². The highest BCUT2D eigenvalue weighted by Gasteiger charge is 2.16. The van der Waals surface area contributed by atoms with Gasteiger partial charge in [0.15, 0.2) is 0 Å². The molecule has 0 bridgehead atoms. The second-order valence-electron chi connectivity index (χ2n) is 5.06. The van der Waals surface area contributed by atoms with Crippen molar-refractivity contribution in [3.05, 3.63) is 41.7 Å². The molecule has 0 saturated heterocycles. The van der Waals surface area contributed by atoms with Gasteiger partial charge in [-0.25, -0.2) is 4.39 Å². The third-order valence-electron chi connectivity index (χ3n) is 3.47. The Morgan fingerprint density at radius 3 is 2.95 bits per heavy atom. The van der Waals surface area contributed by atoms with E-state index in [1.807, 2.05) is 13.0 Å². The van der Waals surface area contributed by atoms with Crippen molar-refractivity contribution in [2.24, 2.45) is 0 Å². The summed E-state index contributed by atoms with van der Waals surface area (Å²) in [6.07, 6.45) is 2.55. The number of benzene rings is 1. The Balaban J connectivity index is 1.87. The maximum absolute atomic E-state index is 13.2. The van der Waals surface area contributed by atoms with Crippen LogP contribution >= 0.6 is 0 Å². The molecule has 0 aliphatic carbocycles. The van der Waals surface area contributed by atoms with Crippen LogP contribution in [0.25, 0.3) is 5.57 Å².